The molecule has 10 heteroatoms. The van der Waals surface area contributed by atoms with Crippen molar-refractivity contribution in [3.63, 3.8) is 0 Å². The summed E-state index contributed by atoms with van der Waals surface area (Å²) in [6, 6.07) is 10.3. The van der Waals surface area contributed by atoms with Crippen molar-refractivity contribution in [2.45, 2.75) is 25.1 Å². The number of nitrogens with one attached hydrogen (secondary N) is 2. The Morgan fingerprint density at radius 2 is 1.88 bits per heavy atom. The van der Waals surface area contributed by atoms with Crippen LogP contribution in [-0.4, -0.2) is 78.6 Å². The molecule has 0 radical (unpaired) electrons. The van der Waals surface area contributed by atoms with Gasteiger partial charge in [-0.3, -0.25) is 14.5 Å². The number of piperazine rings is 1. The van der Waals surface area contributed by atoms with Crippen molar-refractivity contribution in [3.05, 3.63) is 68.8 Å². The first-order valence-corrected chi connectivity index (χ1v) is 12.1. The molecule has 0 saturated carbocycles. The van der Waals surface area contributed by atoms with Crippen LogP contribution < -0.4 is 10.6 Å². The van der Waals surface area contributed by atoms with Gasteiger partial charge in [-0.2, -0.15) is 0 Å². The molecule has 2 amide bonds. The molecule has 3 rings (SSSR count). The molecule has 3 N–H and O–H groups in total. The summed E-state index contributed by atoms with van der Waals surface area (Å²) in [4.78, 5) is 28.0. The summed E-state index contributed by atoms with van der Waals surface area (Å²) in [6.45, 7) is 1.92. The van der Waals surface area contributed by atoms with E-state index in [1.807, 2.05) is 24.3 Å². The third kappa shape index (κ3) is 8.26. The summed E-state index contributed by atoms with van der Waals surface area (Å²) in [6.07, 6.45) is -0.957. The molecule has 1 aliphatic rings. The van der Waals surface area contributed by atoms with Crippen molar-refractivity contribution in [1.29, 1.82) is 0 Å². The van der Waals surface area contributed by atoms with Crippen molar-refractivity contribution >= 4 is 34.4 Å². The number of nitrogens with zero attached hydrogens (tertiary/aromatic N) is 2. The van der Waals surface area contributed by atoms with Crippen LogP contribution in [0.1, 0.15) is 11.1 Å². The molecule has 0 spiro atoms. The molecule has 1 heterocycles. The molecular weight excluding hydrogens is 557 g/mol. The number of halogens is 3. The molecule has 1 fully saturated rings. The highest BCUT2D eigenvalue weighted by atomic mass is 127. The topological polar surface area (TPSA) is 84.9 Å². The van der Waals surface area contributed by atoms with E-state index >= 15 is 0 Å². The quantitative estimate of drug-likeness (QED) is 0.368. The molecule has 34 heavy (non-hydrogen) atoms. The van der Waals surface area contributed by atoms with E-state index < -0.39 is 23.8 Å². The highest BCUT2D eigenvalue weighted by Gasteiger charge is 2.26. The van der Waals surface area contributed by atoms with Gasteiger partial charge in [0, 0.05) is 42.9 Å². The smallest absolute Gasteiger partial charge is 0.236 e. The lowest BCUT2D eigenvalue weighted by molar-refractivity contribution is -0.135. The number of aliphatic hydroxyl groups is 1. The van der Waals surface area contributed by atoms with Gasteiger partial charge in [0.05, 0.1) is 25.2 Å². The van der Waals surface area contributed by atoms with Crippen LogP contribution in [0.5, 0.6) is 0 Å². The van der Waals surface area contributed by atoms with Crippen LogP contribution in [0.2, 0.25) is 0 Å². The van der Waals surface area contributed by atoms with Gasteiger partial charge in [0.25, 0.3) is 0 Å². The third-order valence-electron chi connectivity index (χ3n) is 5.66. The molecule has 7 nitrogen and oxygen atoms in total. The fourth-order valence-electron chi connectivity index (χ4n) is 3.82. The Kier molecular flexibility index (Phi) is 9.74. The first-order chi connectivity index (χ1) is 16.2. The average Bonchev–Trinajstić information content (AvgIpc) is 2.75. The van der Waals surface area contributed by atoms with Gasteiger partial charge in [0.1, 0.15) is 11.6 Å². The maximum atomic E-state index is 13.7. The lowest BCUT2D eigenvalue weighted by atomic mass is 10.0. The predicted molar refractivity (Wildman–Crippen MR) is 133 cm³/mol. The third-order valence-corrected chi connectivity index (χ3v) is 6.33. The van der Waals surface area contributed by atoms with Gasteiger partial charge >= 0.3 is 0 Å². The Morgan fingerprint density at radius 1 is 1.15 bits per heavy atom. The van der Waals surface area contributed by atoms with Gasteiger partial charge in [-0.05, 0) is 64.4 Å². The number of carbonyl (C=O) groups is 2. The van der Waals surface area contributed by atoms with E-state index in [-0.39, 0.29) is 37.9 Å². The van der Waals surface area contributed by atoms with Crippen LogP contribution in [0.3, 0.4) is 0 Å². The fraction of sp³-hybridized carbons (Fsp3) is 0.417. The highest BCUT2D eigenvalue weighted by molar-refractivity contribution is 14.1. The Labute approximate surface area is 211 Å². The zero-order valence-electron chi connectivity index (χ0n) is 18.9. The summed E-state index contributed by atoms with van der Waals surface area (Å²) in [5.41, 5.74) is 1.38. The SMILES string of the molecule is CN1CCN(CC(=O)NC(Cc2cc(F)cc(F)c2)C(O)CNCc2cccc(I)c2)CC1=O. The first-order valence-electron chi connectivity index (χ1n) is 11.0. The summed E-state index contributed by atoms with van der Waals surface area (Å²) in [7, 11) is 1.72. The summed E-state index contributed by atoms with van der Waals surface area (Å²) < 4.78 is 28.5. The second kappa shape index (κ2) is 12.5. The number of rotatable bonds is 10. The molecular formula is C24H29F2IN4O3. The van der Waals surface area contributed by atoms with Gasteiger partial charge in [-0.1, -0.05) is 12.1 Å². The van der Waals surface area contributed by atoms with Crippen molar-refractivity contribution in [3.8, 4) is 0 Å². The minimum atomic E-state index is -1.01. The van der Waals surface area contributed by atoms with Gasteiger partial charge < -0.3 is 20.6 Å². The summed E-state index contributed by atoms with van der Waals surface area (Å²) in [5.74, 6) is -1.87. The number of aliphatic hydroxyl groups excluding tert-OH is 1. The van der Waals surface area contributed by atoms with E-state index in [0.29, 0.717) is 25.2 Å². The summed E-state index contributed by atoms with van der Waals surface area (Å²) in [5, 5.41) is 16.8. The minimum Gasteiger partial charge on any atom is -0.390 e. The van der Waals surface area contributed by atoms with Gasteiger partial charge in [-0.25, -0.2) is 8.78 Å². The first kappa shape index (κ1) is 26.5. The molecule has 2 unspecified atom stereocenters. The van der Waals surface area contributed by atoms with Crippen LogP contribution in [0.15, 0.2) is 42.5 Å². The number of amides is 2. The van der Waals surface area contributed by atoms with Crippen molar-refractivity contribution < 1.29 is 23.5 Å². The van der Waals surface area contributed by atoms with E-state index in [4.69, 9.17) is 0 Å². The van der Waals surface area contributed by atoms with Crippen molar-refractivity contribution in [2.24, 2.45) is 0 Å². The van der Waals surface area contributed by atoms with E-state index in [2.05, 4.69) is 33.2 Å². The Bertz CT molecular complexity index is 990. The Balaban J connectivity index is 1.62. The van der Waals surface area contributed by atoms with Crippen LogP contribution >= 0.6 is 22.6 Å². The minimum absolute atomic E-state index is 0.00378. The number of hydrogen-bond acceptors (Lipinski definition) is 5. The predicted octanol–water partition coefficient (Wildman–Crippen LogP) is 1.52. The van der Waals surface area contributed by atoms with Crippen LogP contribution in [0, 0.1) is 15.2 Å². The zero-order chi connectivity index (χ0) is 24.7. The monoisotopic (exact) mass is 586 g/mol. The van der Waals surface area contributed by atoms with E-state index in [1.165, 1.54) is 12.1 Å². The molecule has 184 valence electrons. The van der Waals surface area contributed by atoms with Gasteiger partial charge in [-0.15, -0.1) is 0 Å². The lowest BCUT2D eigenvalue weighted by Gasteiger charge is -2.32. The maximum absolute atomic E-state index is 13.7. The van der Waals surface area contributed by atoms with Crippen molar-refractivity contribution in [2.75, 3.05) is 39.8 Å². The van der Waals surface area contributed by atoms with E-state index in [0.717, 1.165) is 15.2 Å². The molecule has 2 atom stereocenters. The molecule has 1 aliphatic heterocycles. The van der Waals surface area contributed by atoms with Gasteiger partial charge in [0.15, 0.2) is 0 Å². The normalized spacial score (nSPS) is 16.4. The second-order valence-electron chi connectivity index (χ2n) is 8.51. The standard InChI is InChI=1S/C24H29F2IN4O3/c1-30-5-6-31(15-24(30)34)14-23(33)29-21(10-17-7-18(25)11-19(26)8-17)22(32)13-28-12-16-3-2-4-20(27)9-16/h2-4,7-9,11,21-22,28,32H,5-6,10,12-15H2,1H3,(H,29,33). The summed E-state index contributed by atoms with van der Waals surface area (Å²) >= 11 is 2.22. The van der Waals surface area contributed by atoms with E-state index in [1.54, 1.807) is 16.8 Å². The number of likely N-dealkylation sites (N-methyl/N-ethyl adjacent to an activating group) is 1. The molecule has 0 aliphatic carbocycles. The zero-order valence-corrected chi connectivity index (χ0v) is 21.1. The van der Waals surface area contributed by atoms with Crippen molar-refractivity contribution in [1.82, 2.24) is 20.4 Å². The Morgan fingerprint density at radius 3 is 2.56 bits per heavy atom. The molecule has 2 aromatic carbocycles. The largest absolute Gasteiger partial charge is 0.390 e. The van der Waals surface area contributed by atoms with Crippen LogP contribution in [0.4, 0.5) is 8.78 Å². The lowest BCUT2D eigenvalue weighted by Crippen LogP contribution is -2.54. The number of carbonyl (C=O) groups excluding carboxylic acids is 2. The number of benzene rings is 2. The van der Waals surface area contributed by atoms with Gasteiger partial charge in [0.2, 0.25) is 11.8 Å². The molecule has 0 bridgehead atoms. The maximum Gasteiger partial charge on any atom is 0.236 e. The van der Waals surface area contributed by atoms with E-state index in [9.17, 15) is 23.5 Å². The Hall–Kier alpha value is -2.15. The van der Waals surface area contributed by atoms with Crippen LogP contribution in [0.25, 0.3) is 0 Å². The molecule has 0 aromatic heterocycles. The highest BCUT2D eigenvalue weighted by Crippen LogP contribution is 2.13. The molecule has 1 saturated heterocycles. The fourth-order valence-corrected chi connectivity index (χ4v) is 4.42. The second-order valence-corrected chi connectivity index (χ2v) is 9.76. The molecule has 2 aromatic rings. The van der Waals surface area contributed by atoms with Crippen LogP contribution in [-0.2, 0) is 22.6 Å². The number of hydrogen-bond donors (Lipinski definition) is 3. The average molecular weight is 586 g/mol.